The number of fused-ring (bicyclic) bond motifs is 1. The van der Waals surface area contributed by atoms with Crippen LogP contribution in [-0.4, -0.2) is 24.8 Å². The summed E-state index contributed by atoms with van der Waals surface area (Å²) in [5.41, 5.74) is 2.94. The molecule has 0 saturated carbocycles. The smallest absolute Gasteiger partial charge is 0.235 e. The molecule has 6 heteroatoms. The highest BCUT2D eigenvalue weighted by molar-refractivity contribution is 7.16. The normalized spacial score (nSPS) is 11.8. The van der Waals surface area contributed by atoms with Crippen LogP contribution in [-0.2, 0) is 5.41 Å². The van der Waals surface area contributed by atoms with Crippen molar-refractivity contribution in [2.24, 2.45) is 0 Å². The van der Waals surface area contributed by atoms with Crippen molar-refractivity contribution in [3.05, 3.63) is 101 Å². The summed E-state index contributed by atoms with van der Waals surface area (Å²) in [6.45, 7) is 2.22. The molecule has 0 aliphatic carbocycles. The Morgan fingerprint density at radius 2 is 1.39 bits per heavy atom. The SMILES string of the molecule is CC(c1ccccc1)(c1ccccc1)c1nn2c(-c3ccncc3)nnc2s1. The number of hydrogen-bond donors (Lipinski definition) is 0. The van der Waals surface area contributed by atoms with Gasteiger partial charge in [-0.05, 0) is 30.2 Å². The zero-order valence-corrected chi connectivity index (χ0v) is 16.0. The van der Waals surface area contributed by atoms with Crippen LogP contribution in [0.5, 0.6) is 0 Å². The summed E-state index contributed by atoms with van der Waals surface area (Å²) < 4.78 is 1.83. The Labute approximate surface area is 166 Å². The molecule has 0 atom stereocenters. The van der Waals surface area contributed by atoms with Gasteiger partial charge in [-0.2, -0.15) is 9.61 Å². The molecule has 0 aliphatic rings. The summed E-state index contributed by atoms with van der Waals surface area (Å²) in [5.74, 6) is 0.725. The van der Waals surface area contributed by atoms with Crippen LogP contribution < -0.4 is 0 Å². The maximum absolute atomic E-state index is 4.96. The molecule has 0 radical (unpaired) electrons. The molecule has 5 nitrogen and oxygen atoms in total. The van der Waals surface area contributed by atoms with Gasteiger partial charge in [-0.3, -0.25) is 4.98 Å². The van der Waals surface area contributed by atoms with Gasteiger partial charge in [-0.1, -0.05) is 72.0 Å². The lowest BCUT2D eigenvalue weighted by atomic mass is 9.77. The van der Waals surface area contributed by atoms with Crippen molar-refractivity contribution in [2.45, 2.75) is 12.3 Å². The van der Waals surface area contributed by atoms with Gasteiger partial charge in [0.15, 0.2) is 5.82 Å². The predicted octanol–water partition coefficient (Wildman–Crippen LogP) is 4.60. The summed E-state index contributed by atoms with van der Waals surface area (Å²) in [6.07, 6.45) is 3.50. The molecule has 2 aromatic carbocycles. The van der Waals surface area contributed by atoms with E-state index in [-0.39, 0.29) is 5.41 Å². The molecular formula is C22H17N5S. The topological polar surface area (TPSA) is 56.0 Å². The zero-order chi connectivity index (χ0) is 19.0. The summed E-state index contributed by atoms with van der Waals surface area (Å²) in [4.78, 5) is 4.86. The summed E-state index contributed by atoms with van der Waals surface area (Å²) in [6, 6.07) is 24.8. The van der Waals surface area contributed by atoms with Crippen molar-refractivity contribution >= 4 is 16.3 Å². The number of aromatic nitrogens is 5. The molecule has 28 heavy (non-hydrogen) atoms. The number of rotatable bonds is 4. The molecule has 3 heterocycles. The van der Waals surface area contributed by atoms with Crippen LogP contribution in [0.1, 0.15) is 23.1 Å². The fraction of sp³-hybridized carbons (Fsp3) is 0.0909. The lowest BCUT2D eigenvalue weighted by Gasteiger charge is -2.28. The first-order chi connectivity index (χ1) is 13.8. The van der Waals surface area contributed by atoms with Crippen molar-refractivity contribution in [3.63, 3.8) is 0 Å². The van der Waals surface area contributed by atoms with Gasteiger partial charge in [0.1, 0.15) is 5.01 Å². The van der Waals surface area contributed by atoms with E-state index in [9.17, 15) is 0 Å². The molecule has 0 N–H and O–H groups in total. The second-order valence-electron chi connectivity index (χ2n) is 6.72. The van der Waals surface area contributed by atoms with E-state index in [1.807, 2.05) is 28.8 Å². The van der Waals surface area contributed by atoms with Crippen LogP contribution in [0.25, 0.3) is 16.3 Å². The standard InChI is InChI=1S/C22H17N5S/c1-22(17-8-4-2-5-9-17,18-10-6-3-7-11-18)20-26-27-19(24-25-21(27)28-20)16-12-14-23-15-13-16/h2-15H,1H3. The first kappa shape index (κ1) is 16.8. The lowest BCUT2D eigenvalue weighted by molar-refractivity contribution is 0.666. The van der Waals surface area contributed by atoms with Crippen molar-refractivity contribution in [1.29, 1.82) is 0 Å². The van der Waals surface area contributed by atoms with E-state index in [0.29, 0.717) is 0 Å². The summed E-state index contributed by atoms with van der Waals surface area (Å²) >= 11 is 1.57. The van der Waals surface area contributed by atoms with Crippen molar-refractivity contribution < 1.29 is 0 Å². The average Bonchev–Trinajstić information content (AvgIpc) is 3.36. The fourth-order valence-corrected chi connectivity index (χ4v) is 4.49. The van der Waals surface area contributed by atoms with Gasteiger partial charge in [0, 0.05) is 18.0 Å². The Hall–Kier alpha value is -3.38. The van der Waals surface area contributed by atoms with Gasteiger partial charge in [-0.15, -0.1) is 10.2 Å². The third kappa shape index (κ3) is 2.61. The van der Waals surface area contributed by atoms with E-state index < -0.39 is 0 Å². The summed E-state index contributed by atoms with van der Waals surface area (Å²) in [5, 5.41) is 14.6. The minimum absolute atomic E-state index is 0.386. The average molecular weight is 383 g/mol. The molecule has 5 aromatic rings. The van der Waals surface area contributed by atoms with Crippen molar-refractivity contribution in [3.8, 4) is 11.4 Å². The van der Waals surface area contributed by atoms with E-state index in [1.54, 1.807) is 23.7 Å². The van der Waals surface area contributed by atoms with Crippen LogP contribution in [0.15, 0.2) is 85.2 Å². The van der Waals surface area contributed by atoms with Crippen LogP contribution in [0.3, 0.4) is 0 Å². The molecule has 0 spiro atoms. The highest BCUT2D eigenvalue weighted by atomic mass is 32.1. The van der Waals surface area contributed by atoms with Crippen molar-refractivity contribution in [2.75, 3.05) is 0 Å². The lowest BCUT2D eigenvalue weighted by Crippen LogP contribution is -2.25. The molecule has 0 aliphatic heterocycles. The minimum Gasteiger partial charge on any atom is -0.265 e. The van der Waals surface area contributed by atoms with Crippen LogP contribution in [0.4, 0.5) is 0 Å². The molecule has 0 unspecified atom stereocenters. The monoisotopic (exact) mass is 383 g/mol. The summed E-state index contributed by atoms with van der Waals surface area (Å²) in [7, 11) is 0. The fourth-order valence-electron chi connectivity index (χ4n) is 3.46. The highest BCUT2D eigenvalue weighted by Crippen LogP contribution is 2.40. The van der Waals surface area contributed by atoms with Crippen LogP contribution in [0.2, 0.25) is 0 Å². The Morgan fingerprint density at radius 1 is 0.786 bits per heavy atom. The second-order valence-corrected chi connectivity index (χ2v) is 7.67. The van der Waals surface area contributed by atoms with Gasteiger partial charge in [0.25, 0.3) is 0 Å². The third-order valence-corrected chi connectivity index (χ3v) is 6.18. The van der Waals surface area contributed by atoms with Crippen LogP contribution in [0, 0.1) is 0 Å². The Balaban J connectivity index is 1.72. The Kier molecular flexibility index (Phi) is 3.98. The maximum atomic E-state index is 4.96. The van der Waals surface area contributed by atoms with Gasteiger partial charge in [-0.25, -0.2) is 0 Å². The quantitative estimate of drug-likeness (QED) is 0.455. The van der Waals surface area contributed by atoms with E-state index in [2.05, 4.69) is 70.6 Å². The molecule has 3 aromatic heterocycles. The number of hydrogen-bond acceptors (Lipinski definition) is 5. The predicted molar refractivity (Wildman–Crippen MR) is 110 cm³/mol. The molecule has 0 fully saturated rings. The second kappa shape index (κ2) is 6.65. The molecule has 0 saturated heterocycles. The van der Waals surface area contributed by atoms with Gasteiger partial charge >= 0.3 is 0 Å². The van der Waals surface area contributed by atoms with Gasteiger partial charge < -0.3 is 0 Å². The number of nitrogens with zero attached hydrogens (tertiary/aromatic N) is 5. The van der Waals surface area contributed by atoms with Gasteiger partial charge in [0.05, 0.1) is 5.41 Å². The maximum Gasteiger partial charge on any atom is 0.235 e. The van der Waals surface area contributed by atoms with E-state index in [0.717, 1.165) is 21.4 Å². The van der Waals surface area contributed by atoms with E-state index in [1.165, 1.54) is 11.1 Å². The van der Waals surface area contributed by atoms with E-state index >= 15 is 0 Å². The largest absolute Gasteiger partial charge is 0.265 e. The molecule has 0 bridgehead atoms. The minimum atomic E-state index is -0.386. The molecule has 0 amide bonds. The Bertz CT molecular complexity index is 1170. The first-order valence-corrected chi connectivity index (χ1v) is 9.82. The van der Waals surface area contributed by atoms with Crippen LogP contribution >= 0.6 is 11.3 Å². The van der Waals surface area contributed by atoms with Gasteiger partial charge in [0.2, 0.25) is 4.96 Å². The first-order valence-electron chi connectivity index (χ1n) is 9.01. The van der Waals surface area contributed by atoms with Crippen molar-refractivity contribution in [1.82, 2.24) is 24.8 Å². The zero-order valence-electron chi connectivity index (χ0n) is 15.2. The third-order valence-electron chi connectivity index (χ3n) is 5.06. The Morgan fingerprint density at radius 3 is 2.00 bits per heavy atom. The molecular weight excluding hydrogens is 366 g/mol. The number of pyridine rings is 1. The number of benzene rings is 2. The van der Waals surface area contributed by atoms with E-state index in [4.69, 9.17) is 5.10 Å². The highest BCUT2D eigenvalue weighted by Gasteiger charge is 2.35. The molecule has 5 rings (SSSR count). The molecule has 136 valence electrons.